The van der Waals surface area contributed by atoms with Crippen molar-refractivity contribution in [2.45, 2.75) is 39.2 Å². The number of fused-ring (bicyclic) bond motifs is 3. The fraction of sp³-hybridized carbons (Fsp3) is 0.286. The Bertz CT molecular complexity index is 1050. The lowest BCUT2D eigenvalue weighted by molar-refractivity contribution is 0.304. The second kappa shape index (κ2) is 6.98. The van der Waals surface area contributed by atoms with E-state index in [1.165, 1.54) is 0 Å². The molecule has 1 aliphatic carbocycles. The first-order valence-electron chi connectivity index (χ1n) is 8.69. The van der Waals surface area contributed by atoms with E-state index in [0.717, 1.165) is 53.3 Å². The van der Waals surface area contributed by atoms with Crippen LogP contribution in [0.4, 0.5) is 0 Å². The third-order valence-corrected chi connectivity index (χ3v) is 5.71. The van der Waals surface area contributed by atoms with Crippen LogP contribution in [0.1, 0.15) is 35.1 Å². The molecule has 0 fully saturated rings. The van der Waals surface area contributed by atoms with Gasteiger partial charge in [0.05, 0.1) is 10.0 Å². The van der Waals surface area contributed by atoms with Gasteiger partial charge >= 0.3 is 5.63 Å². The van der Waals surface area contributed by atoms with Gasteiger partial charge in [0.25, 0.3) is 0 Å². The van der Waals surface area contributed by atoms with Crippen molar-refractivity contribution in [2.24, 2.45) is 0 Å². The average molecular weight is 389 g/mol. The lowest BCUT2D eigenvalue weighted by Crippen LogP contribution is -2.16. The molecule has 3 aromatic rings. The Balaban J connectivity index is 1.69. The number of ether oxygens (including phenoxy) is 1. The summed E-state index contributed by atoms with van der Waals surface area (Å²) >= 11 is 12.0. The third kappa shape index (κ3) is 3.10. The Morgan fingerprint density at radius 2 is 1.81 bits per heavy atom. The van der Waals surface area contributed by atoms with E-state index in [1.54, 1.807) is 12.1 Å². The van der Waals surface area contributed by atoms with E-state index >= 15 is 0 Å². The second-order valence-corrected chi connectivity index (χ2v) is 7.47. The molecular weight excluding hydrogens is 371 g/mol. The smallest absolute Gasteiger partial charge is 0.339 e. The van der Waals surface area contributed by atoms with Crippen molar-refractivity contribution in [3.05, 3.63) is 73.1 Å². The van der Waals surface area contributed by atoms with Crippen molar-refractivity contribution in [1.29, 1.82) is 0 Å². The molecule has 0 unspecified atom stereocenters. The molecule has 0 amide bonds. The molecular formula is C21H18Cl2O3. The first-order chi connectivity index (χ1) is 12.5. The zero-order valence-corrected chi connectivity index (χ0v) is 15.9. The molecule has 4 rings (SSSR count). The van der Waals surface area contributed by atoms with Crippen LogP contribution in [0.25, 0.3) is 11.0 Å². The van der Waals surface area contributed by atoms with Gasteiger partial charge in [0.15, 0.2) is 0 Å². The van der Waals surface area contributed by atoms with Crippen LogP contribution in [-0.2, 0) is 19.4 Å². The Morgan fingerprint density at radius 3 is 2.58 bits per heavy atom. The summed E-state index contributed by atoms with van der Waals surface area (Å²) < 4.78 is 11.6. The van der Waals surface area contributed by atoms with Gasteiger partial charge in [-0.05, 0) is 68.0 Å². The van der Waals surface area contributed by atoms with Gasteiger partial charge in [0, 0.05) is 16.5 Å². The summed E-state index contributed by atoms with van der Waals surface area (Å²) in [6.45, 7) is 2.28. The van der Waals surface area contributed by atoms with E-state index in [9.17, 15) is 4.79 Å². The molecule has 1 aliphatic rings. The minimum atomic E-state index is -0.211. The number of rotatable bonds is 3. The third-order valence-electron chi connectivity index (χ3n) is 4.97. The first-order valence-corrected chi connectivity index (χ1v) is 9.45. The van der Waals surface area contributed by atoms with E-state index in [2.05, 4.69) is 0 Å². The summed E-state index contributed by atoms with van der Waals surface area (Å²) in [5.74, 6) is 0.697. The molecule has 0 saturated heterocycles. The van der Waals surface area contributed by atoms with Crippen LogP contribution < -0.4 is 10.4 Å². The molecule has 0 atom stereocenters. The van der Waals surface area contributed by atoms with Gasteiger partial charge in [-0.2, -0.15) is 0 Å². The van der Waals surface area contributed by atoms with Crippen LogP contribution >= 0.6 is 23.2 Å². The van der Waals surface area contributed by atoms with Crippen molar-refractivity contribution in [3.8, 4) is 5.75 Å². The quantitative estimate of drug-likeness (QED) is 0.526. The fourth-order valence-corrected chi connectivity index (χ4v) is 3.89. The number of halogens is 2. The predicted molar refractivity (Wildman–Crippen MR) is 105 cm³/mol. The normalized spacial score (nSPS) is 13.7. The predicted octanol–water partition coefficient (Wildman–Crippen LogP) is 5.87. The van der Waals surface area contributed by atoms with E-state index in [0.29, 0.717) is 28.0 Å². The van der Waals surface area contributed by atoms with Crippen LogP contribution in [0.2, 0.25) is 10.0 Å². The highest BCUT2D eigenvalue weighted by atomic mass is 35.5. The van der Waals surface area contributed by atoms with E-state index in [-0.39, 0.29) is 5.63 Å². The SMILES string of the molecule is Cc1c(OCc2ccc(Cl)c(Cl)c2)ccc2c3c(c(=O)oc12)CCCC3. The minimum absolute atomic E-state index is 0.211. The Hall–Kier alpha value is -1.97. The van der Waals surface area contributed by atoms with Crippen molar-refractivity contribution in [1.82, 2.24) is 0 Å². The van der Waals surface area contributed by atoms with Gasteiger partial charge in [-0.3, -0.25) is 0 Å². The maximum absolute atomic E-state index is 12.4. The summed E-state index contributed by atoms with van der Waals surface area (Å²) in [6.07, 6.45) is 3.90. The topological polar surface area (TPSA) is 39.4 Å². The number of hydrogen-bond acceptors (Lipinski definition) is 3. The average Bonchev–Trinajstić information content (AvgIpc) is 2.65. The van der Waals surface area contributed by atoms with Gasteiger partial charge in [-0.1, -0.05) is 29.3 Å². The van der Waals surface area contributed by atoms with E-state index in [1.807, 2.05) is 25.1 Å². The van der Waals surface area contributed by atoms with E-state index < -0.39 is 0 Å². The molecule has 0 N–H and O–H groups in total. The van der Waals surface area contributed by atoms with Crippen molar-refractivity contribution >= 4 is 34.2 Å². The maximum atomic E-state index is 12.4. The van der Waals surface area contributed by atoms with Gasteiger partial charge < -0.3 is 9.15 Å². The molecule has 2 aromatic carbocycles. The minimum Gasteiger partial charge on any atom is -0.488 e. The van der Waals surface area contributed by atoms with Crippen LogP contribution in [0.5, 0.6) is 5.75 Å². The zero-order valence-electron chi connectivity index (χ0n) is 14.4. The molecule has 0 spiro atoms. The van der Waals surface area contributed by atoms with Gasteiger partial charge in [0.1, 0.15) is 17.9 Å². The number of benzene rings is 2. The maximum Gasteiger partial charge on any atom is 0.339 e. The Morgan fingerprint density at radius 1 is 1.04 bits per heavy atom. The van der Waals surface area contributed by atoms with Gasteiger partial charge in [-0.15, -0.1) is 0 Å². The first kappa shape index (κ1) is 17.4. The van der Waals surface area contributed by atoms with E-state index in [4.69, 9.17) is 32.4 Å². The van der Waals surface area contributed by atoms with Gasteiger partial charge in [-0.25, -0.2) is 4.79 Å². The molecule has 0 radical (unpaired) electrons. The molecule has 1 aromatic heterocycles. The molecule has 3 nitrogen and oxygen atoms in total. The van der Waals surface area contributed by atoms with Crippen LogP contribution in [-0.4, -0.2) is 0 Å². The fourth-order valence-electron chi connectivity index (χ4n) is 3.57. The summed E-state index contributed by atoms with van der Waals surface area (Å²) in [5, 5.41) is 2.04. The Kier molecular flexibility index (Phi) is 4.68. The lowest BCUT2D eigenvalue weighted by Gasteiger charge is -2.18. The highest BCUT2D eigenvalue weighted by molar-refractivity contribution is 6.42. The van der Waals surface area contributed by atoms with Crippen LogP contribution in [0.3, 0.4) is 0 Å². The monoisotopic (exact) mass is 388 g/mol. The highest BCUT2D eigenvalue weighted by Gasteiger charge is 2.20. The highest BCUT2D eigenvalue weighted by Crippen LogP contribution is 2.33. The molecule has 26 heavy (non-hydrogen) atoms. The molecule has 5 heteroatoms. The summed E-state index contributed by atoms with van der Waals surface area (Å²) in [6, 6.07) is 9.36. The van der Waals surface area contributed by atoms with Gasteiger partial charge in [0.2, 0.25) is 0 Å². The largest absolute Gasteiger partial charge is 0.488 e. The van der Waals surface area contributed by atoms with Crippen LogP contribution in [0, 0.1) is 6.92 Å². The van der Waals surface area contributed by atoms with Crippen molar-refractivity contribution in [3.63, 3.8) is 0 Å². The molecule has 1 heterocycles. The van der Waals surface area contributed by atoms with Crippen molar-refractivity contribution in [2.75, 3.05) is 0 Å². The number of hydrogen-bond donors (Lipinski definition) is 0. The van der Waals surface area contributed by atoms with Crippen molar-refractivity contribution < 1.29 is 9.15 Å². The summed E-state index contributed by atoms with van der Waals surface area (Å²) in [5.41, 5.74) is 4.16. The zero-order chi connectivity index (χ0) is 18.3. The standard InChI is InChI=1S/C21H18Cl2O3/c1-12-19(25-11-13-6-8-17(22)18(23)10-13)9-7-15-14-4-2-3-5-16(14)21(24)26-20(12)15/h6-10H,2-5,11H2,1H3. The van der Waals surface area contributed by atoms with Crippen LogP contribution in [0.15, 0.2) is 39.5 Å². The molecule has 0 bridgehead atoms. The lowest BCUT2D eigenvalue weighted by atomic mass is 9.90. The Labute approximate surface area is 161 Å². The molecule has 0 aliphatic heterocycles. The summed E-state index contributed by atoms with van der Waals surface area (Å²) in [4.78, 5) is 12.4. The summed E-state index contributed by atoms with van der Waals surface area (Å²) in [7, 11) is 0. The second-order valence-electron chi connectivity index (χ2n) is 6.66. The molecule has 134 valence electrons. The molecule has 0 saturated carbocycles. The number of aryl methyl sites for hydroxylation is 2.